The zero-order valence-corrected chi connectivity index (χ0v) is 11.3. The van der Waals surface area contributed by atoms with Crippen molar-refractivity contribution in [1.82, 2.24) is 15.0 Å². The Morgan fingerprint density at radius 3 is 2.61 bits per heavy atom. The van der Waals surface area contributed by atoms with Crippen LogP contribution in [0.2, 0.25) is 0 Å². The molecule has 1 N–H and O–H groups in total. The molecule has 1 aromatic carbocycles. The smallest absolute Gasteiger partial charge is 0.311 e. The minimum atomic E-state index is -0.852. The molecular weight excluding hydrogens is 298 g/mol. The lowest BCUT2D eigenvalue weighted by Crippen LogP contribution is -2.16. The summed E-state index contributed by atoms with van der Waals surface area (Å²) in [6, 6.07) is 9.17. The Balaban J connectivity index is 2.31. The third-order valence-electron chi connectivity index (χ3n) is 2.79. The summed E-state index contributed by atoms with van der Waals surface area (Å²) in [7, 11) is 1.75. The maximum Gasteiger partial charge on any atom is 0.311 e. The van der Waals surface area contributed by atoms with Crippen LogP contribution >= 0.6 is 15.9 Å². The molecule has 0 aliphatic heterocycles. The summed E-state index contributed by atoms with van der Waals surface area (Å²) in [6.45, 7) is 0. The van der Waals surface area contributed by atoms with Crippen LogP contribution in [0.4, 0.5) is 0 Å². The SMILES string of the molecule is Cn1nnc(Br)c1CC(C(=O)O)c1ccccc1. The van der Waals surface area contributed by atoms with Gasteiger partial charge in [-0.2, -0.15) is 0 Å². The van der Waals surface area contributed by atoms with Crippen LogP contribution in [0.3, 0.4) is 0 Å². The first-order chi connectivity index (χ1) is 8.59. The number of aryl methyl sites for hydroxylation is 1. The highest BCUT2D eigenvalue weighted by molar-refractivity contribution is 9.10. The van der Waals surface area contributed by atoms with Crippen LogP contribution in [0.1, 0.15) is 17.2 Å². The Kier molecular flexibility index (Phi) is 3.76. The standard InChI is InChI=1S/C12H12BrN3O2/c1-16-10(11(13)14-15-16)7-9(12(17)18)8-5-3-2-4-6-8/h2-6,9H,7H2,1H3,(H,17,18). The predicted molar refractivity (Wildman–Crippen MR) is 69.2 cm³/mol. The fraction of sp³-hybridized carbons (Fsp3) is 0.250. The van der Waals surface area contributed by atoms with Gasteiger partial charge < -0.3 is 5.11 Å². The quantitative estimate of drug-likeness (QED) is 0.938. The molecule has 94 valence electrons. The van der Waals surface area contributed by atoms with Gasteiger partial charge in [-0.15, -0.1) is 5.10 Å². The summed E-state index contributed by atoms with van der Waals surface area (Å²) in [5, 5.41) is 17.0. The molecule has 1 aromatic heterocycles. The number of aliphatic carboxylic acids is 1. The van der Waals surface area contributed by atoms with Gasteiger partial charge in [-0.3, -0.25) is 9.48 Å². The molecule has 2 rings (SSSR count). The number of halogens is 1. The molecule has 0 fully saturated rings. The van der Waals surface area contributed by atoms with Crippen molar-refractivity contribution in [3.05, 3.63) is 46.2 Å². The van der Waals surface area contributed by atoms with Crippen molar-refractivity contribution in [3.8, 4) is 0 Å². The molecule has 1 unspecified atom stereocenters. The zero-order chi connectivity index (χ0) is 13.1. The number of carbonyl (C=O) groups is 1. The summed E-state index contributed by atoms with van der Waals surface area (Å²) in [6.07, 6.45) is 0.351. The number of hydrogen-bond acceptors (Lipinski definition) is 3. The average molecular weight is 310 g/mol. The molecule has 0 aliphatic carbocycles. The van der Waals surface area contributed by atoms with Crippen LogP contribution in [-0.2, 0) is 18.3 Å². The van der Waals surface area contributed by atoms with Gasteiger partial charge in [-0.25, -0.2) is 0 Å². The molecule has 0 spiro atoms. The van der Waals surface area contributed by atoms with E-state index in [1.54, 1.807) is 11.7 Å². The van der Waals surface area contributed by atoms with Gasteiger partial charge in [0.2, 0.25) is 0 Å². The average Bonchev–Trinajstić information content (AvgIpc) is 2.67. The first-order valence-electron chi connectivity index (χ1n) is 5.41. The number of aromatic nitrogens is 3. The van der Waals surface area contributed by atoms with Crippen LogP contribution in [0.5, 0.6) is 0 Å². The summed E-state index contributed by atoms with van der Waals surface area (Å²) in [5.41, 5.74) is 1.55. The van der Waals surface area contributed by atoms with E-state index in [1.807, 2.05) is 30.3 Å². The Morgan fingerprint density at radius 1 is 1.44 bits per heavy atom. The van der Waals surface area contributed by atoms with Gasteiger partial charge in [0.15, 0.2) is 4.60 Å². The summed E-state index contributed by atoms with van der Waals surface area (Å²) in [4.78, 5) is 11.4. The van der Waals surface area contributed by atoms with Gasteiger partial charge >= 0.3 is 5.97 Å². The van der Waals surface area contributed by atoms with Crippen LogP contribution in [-0.4, -0.2) is 26.1 Å². The van der Waals surface area contributed by atoms with Crippen molar-refractivity contribution in [3.63, 3.8) is 0 Å². The van der Waals surface area contributed by atoms with Gasteiger partial charge in [0.25, 0.3) is 0 Å². The molecular formula is C12H12BrN3O2. The summed E-state index contributed by atoms with van der Waals surface area (Å²) in [5.74, 6) is -1.45. The minimum absolute atomic E-state index is 0.351. The lowest BCUT2D eigenvalue weighted by atomic mass is 9.94. The second-order valence-electron chi connectivity index (χ2n) is 3.96. The Hall–Kier alpha value is -1.69. The molecule has 1 atom stereocenters. The highest BCUT2D eigenvalue weighted by atomic mass is 79.9. The monoisotopic (exact) mass is 309 g/mol. The molecule has 1 heterocycles. The molecule has 0 amide bonds. The van der Waals surface area contributed by atoms with E-state index in [0.717, 1.165) is 11.3 Å². The van der Waals surface area contributed by atoms with Crippen molar-refractivity contribution < 1.29 is 9.90 Å². The topological polar surface area (TPSA) is 68.0 Å². The van der Waals surface area contributed by atoms with Gasteiger partial charge in [-0.1, -0.05) is 35.5 Å². The molecule has 18 heavy (non-hydrogen) atoms. The fourth-order valence-electron chi connectivity index (χ4n) is 1.79. The number of rotatable bonds is 4. The largest absolute Gasteiger partial charge is 0.481 e. The minimum Gasteiger partial charge on any atom is -0.481 e. The highest BCUT2D eigenvalue weighted by Gasteiger charge is 2.23. The number of benzene rings is 1. The first kappa shape index (κ1) is 12.8. The van der Waals surface area contributed by atoms with E-state index < -0.39 is 11.9 Å². The molecule has 2 aromatic rings. The van der Waals surface area contributed by atoms with Gasteiger partial charge in [0, 0.05) is 13.5 Å². The number of nitrogens with zero attached hydrogens (tertiary/aromatic N) is 3. The van der Waals surface area contributed by atoms with Crippen molar-refractivity contribution >= 4 is 21.9 Å². The maximum absolute atomic E-state index is 11.4. The van der Waals surface area contributed by atoms with Gasteiger partial charge in [0.1, 0.15) is 0 Å². The first-order valence-corrected chi connectivity index (χ1v) is 6.20. The Bertz CT molecular complexity index is 534. The van der Waals surface area contributed by atoms with E-state index in [0.29, 0.717) is 11.0 Å². The summed E-state index contributed by atoms with van der Waals surface area (Å²) < 4.78 is 2.18. The number of hydrogen-bond donors (Lipinski definition) is 1. The van der Waals surface area contributed by atoms with E-state index >= 15 is 0 Å². The van der Waals surface area contributed by atoms with E-state index in [1.165, 1.54) is 0 Å². The van der Waals surface area contributed by atoms with Crippen LogP contribution in [0, 0.1) is 0 Å². The van der Waals surface area contributed by atoms with Gasteiger partial charge in [-0.05, 0) is 21.5 Å². The lowest BCUT2D eigenvalue weighted by Gasteiger charge is -2.12. The zero-order valence-electron chi connectivity index (χ0n) is 9.75. The molecule has 0 bridgehead atoms. The normalized spacial score (nSPS) is 12.3. The second-order valence-corrected chi connectivity index (χ2v) is 4.71. The van der Waals surface area contributed by atoms with Crippen molar-refractivity contribution in [2.24, 2.45) is 7.05 Å². The van der Waals surface area contributed by atoms with Gasteiger partial charge in [0.05, 0.1) is 11.6 Å². The predicted octanol–water partition coefficient (Wildman–Crippen LogP) is 1.99. The molecule has 0 radical (unpaired) electrons. The number of carboxylic acids is 1. The molecule has 0 saturated heterocycles. The van der Waals surface area contributed by atoms with Crippen molar-refractivity contribution in [2.75, 3.05) is 0 Å². The van der Waals surface area contributed by atoms with Crippen LogP contribution in [0.25, 0.3) is 0 Å². The van der Waals surface area contributed by atoms with Crippen molar-refractivity contribution in [1.29, 1.82) is 0 Å². The van der Waals surface area contributed by atoms with E-state index in [2.05, 4.69) is 26.2 Å². The van der Waals surface area contributed by atoms with Crippen LogP contribution in [0.15, 0.2) is 34.9 Å². The molecule has 0 saturated carbocycles. The third-order valence-corrected chi connectivity index (χ3v) is 3.41. The van der Waals surface area contributed by atoms with Crippen molar-refractivity contribution in [2.45, 2.75) is 12.3 Å². The molecule has 0 aliphatic rings. The van der Waals surface area contributed by atoms with E-state index in [-0.39, 0.29) is 0 Å². The maximum atomic E-state index is 11.4. The Labute approximate surface area is 113 Å². The van der Waals surface area contributed by atoms with E-state index in [4.69, 9.17) is 0 Å². The lowest BCUT2D eigenvalue weighted by molar-refractivity contribution is -0.138. The summed E-state index contributed by atoms with van der Waals surface area (Å²) >= 11 is 3.28. The van der Waals surface area contributed by atoms with Crippen LogP contribution < -0.4 is 0 Å². The third kappa shape index (κ3) is 2.59. The second kappa shape index (κ2) is 5.30. The fourth-order valence-corrected chi connectivity index (χ4v) is 2.28. The highest BCUT2D eigenvalue weighted by Crippen LogP contribution is 2.24. The molecule has 6 heteroatoms. The Morgan fingerprint density at radius 2 is 2.11 bits per heavy atom. The van der Waals surface area contributed by atoms with E-state index in [9.17, 15) is 9.90 Å². The molecule has 5 nitrogen and oxygen atoms in total. The number of carboxylic acid groups (broad SMARTS) is 1.